The predicted octanol–water partition coefficient (Wildman–Crippen LogP) is 5.59. The van der Waals surface area contributed by atoms with E-state index in [2.05, 4.69) is 20.1 Å². The molecule has 10 nitrogen and oxygen atoms in total. The Hall–Kier alpha value is -4.44. The predicted molar refractivity (Wildman–Crippen MR) is 165 cm³/mol. The number of hydrogen-bond acceptors (Lipinski definition) is 8. The standard InChI is InChI=1S/C32H34F5N3O7S/c1-3-48(43,44)27-14-6-20(7-15-27)28(17-38-31(42)45-2)39-29(41)21-4-10-23(11-5-21)40-18-26(16-24(40)19-46-30(33)34)47-25-12-8-22(9-13-25)32(35,36)37/h4-15,24,26,28,30H,3,16-19H2,1-2H3,(H,38,42)(H,39,41)/t24-,26-,28-/m0/s1. The fourth-order valence-electron chi connectivity index (χ4n) is 5.16. The van der Waals surface area contributed by atoms with E-state index in [9.17, 15) is 40.0 Å². The number of hydrogen-bond donors (Lipinski definition) is 2. The van der Waals surface area contributed by atoms with Gasteiger partial charge >= 0.3 is 18.9 Å². The molecule has 1 heterocycles. The Labute approximate surface area is 274 Å². The Bertz CT molecular complexity index is 1640. The molecule has 2 amide bonds. The normalized spacial score (nSPS) is 17.2. The van der Waals surface area contributed by atoms with Crippen molar-refractivity contribution in [3.8, 4) is 5.75 Å². The second-order valence-corrected chi connectivity index (χ2v) is 13.1. The molecule has 0 aromatic heterocycles. The summed E-state index contributed by atoms with van der Waals surface area (Å²) in [5.74, 6) is -0.421. The molecule has 3 aromatic rings. The molecule has 4 rings (SSSR count). The molecule has 0 aliphatic carbocycles. The summed E-state index contributed by atoms with van der Waals surface area (Å²) < 4.78 is 104. The van der Waals surface area contributed by atoms with Crippen molar-refractivity contribution in [2.45, 2.75) is 49.2 Å². The van der Waals surface area contributed by atoms with Crippen LogP contribution in [0.3, 0.4) is 0 Å². The van der Waals surface area contributed by atoms with Gasteiger partial charge in [-0.15, -0.1) is 0 Å². The number of nitrogens with zero attached hydrogens (tertiary/aromatic N) is 1. The summed E-state index contributed by atoms with van der Waals surface area (Å²) in [6.45, 7) is -1.71. The van der Waals surface area contributed by atoms with Crippen LogP contribution in [0.25, 0.3) is 0 Å². The third-order valence-electron chi connectivity index (χ3n) is 7.70. The summed E-state index contributed by atoms with van der Waals surface area (Å²) in [6.07, 6.45) is -5.56. The minimum atomic E-state index is -4.50. The van der Waals surface area contributed by atoms with Gasteiger partial charge in [0.1, 0.15) is 11.9 Å². The molecular weight excluding hydrogens is 665 g/mol. The highest BCUT2D eigenvalue weighted by atomic mass is 32.2. The van der Waals surface area contributed by atoms with Crippen LogP contribution in [0.4, 0.5) is 32.4 Å². The molecule has 3 atom stereocenters. The van der Waals surface area contributed by atoms with Gasteiger partial charge in [0.25, 0.3) is 5.91 Å². The summed E-state index contributed by atoms with van der Waals surface area (Å²) >= 11 is 0. The second kappa shape index (κ2) is 15.6. The van der Waals surface area contributed by atoms with Crippen LogP contribution in [0.1, 0.15) is 40.9 Å². The zero-order valence-electron chi connectivity index (χ0n) is 25.9. The van der Waals surface area contributed by atoms with Gasteiger partial charge in [-0.1, -0.05) is 19.1 Å². The van der Waals surface area contributed by atoms with Gasteiger partial charge in [0.05, 0.1) is 48.6 Å². The molecule has 0 spiro atoms. The molecule has 0 unspecified atom stereocenters. The highest BCUT2D eigenvalue weighted by Crippen LogP contribution is 2.33. The van der Waals surface area contributed by atoms with E-state index in [4.69, 9.17) is 4.74 Å². The number of methoxy groups -OCH3 is 1. The largest absolute Gasteiger partial charge is 0.489 e. The fraction of sp³-hybridized carbons (Fsp3) is 0.375. The van der Waals surface area contributed by atoms with Crippen LogP contribution in [-0.4, -0.2) is 71.7 Å². The number of carbonyl (C=O) groups is 2. The van der Waals surface area contributed by atoms with Gasteiger partial charge in [-0.2, -0.15) is 22.0 Å². The topological polar surface area (TPSA) is 123 Å². The summed E-state index contributed by atoms with van der Waals surface area (Å²) in [5, 5.41) is 5.33. The number of anilines is 1. The third kappa shape index (κ3) is 9.56. The number of benzene rings is 3. The number of halogens is 5. The van der Waals surface area contributed by atoms with E-state index in [-0.39, 0.29) is 48.1 Å². The summed E-state index contributed by atoms with van der Waals surface area (Å²) in [4.78, 5) is 26.9. The van der Waals surface area contributed by atoms with E-state index in [0.717, 1.165) is 12.1 Å². The van der Waals surface area contributed by atoms with Gasteiger partial charge in [-0.25, -0.2) is 13.2 Å². The molecule has 0 saturated carbocycles. The van der Waals surface area contributed by atoms with Gasteiger partial charge in [-0.05, 0) is 66.2 Å². The zero-order valence-corrected chi connectivity index (χ0v) is 26.7. The lowest BCUT2D eigenvalue weighted by molar-refractivity contribution is -0.137. The number of sulfone groups is 1. The minimum Gasteiger partial charge on any atom is -0.489 e. The van der Waals surface area contributed by atoms with Crippen LogP contribution in [-0.2, 0) is 25.5 Å². The van der Waals surface area contributed by atoms with E-state index in [1.807, 2.05) is 0 Å². The highest BCUT2D eigenvalue weighted by molar-refractivity contribution is 7.91. The first-order chi connectivity index (χ1) is 22.7. The van der Waals surface area contributed by atoms with Crippen molar-refractivity contribution in [3.05, 3.63) is 89.5 Å². The average molecular weight is 700 g/mol. The monoisotopic (exact) mass is 699 g/mol. The summed E-state index contributed by atoms with van der Waals surface area (Å²) in [7, 11) is -2.27. The number of rotatable bonds is 13. The van der Waals surface area contributed by atoms with Gasteiger partial charge in [0.2, 0.25) is 0 Å². The Morgan fingerprint density at radius 3 is 2.19 bits per heavy atom. The van der Waals surface area contributed by atoms with E-state index in [1.165, 1.54) is 62.6 Å². The maximum atomic E-state index is 13.3. The second-order valence-electron chi connectivity index (χ2n) is 10.8. The lowest BCUT2D eigenvalue weighted by Crippen LogP contribution is -2.38. The van der Waals surface area contributed by atoms with Crippen molar-refractivity contribution in [1.29, 1.82) is 0 Å². The maximum Gasteiger partial charge on any atom is 0.416 e. The fourth-order valence-corrected chi connectivity index (χ4v) is 6.05. The first-order valence-electron chi connectivity index (χ1n) is 14.8. The number of carbonyl (C=O) groups excluding carboxylic acids is 2. The number of alkyl halides is 5. The van der Waals surface area contributed by atoms with Gasteiger partial charge in [-0.3, -0.25) is 4.79 Å². The van der Waals surface area contributed by atoms with Crippen molar-refractivity contribution in [1.82, 2.24) is 10.6 Å². The Morgan fingerprint density at radius 2 is 1.62 bits per heavy atom. The molecule has 0 radical (unpaired) electrons. The van der Waals surface area contributed by atoms with Crippen molar-refractivity contribution < 1.29 is 54.2 Å². The van der Waals surface area contributed by atoms with Crippen molar-refractivity contribution >= 4 is 27.5 Å². The molecule has 16 heteroatoms. The Morgan fingerprint density at radius 1 is 0.979 bits per heavy atom. The van der Waals surface area contributed by atoms with E-state index >= 15 is 0 Å². The van der Waals surface area contributed by atoms with E-state index in [1.54, 1.807) is 17.0 Å². The van der Waals surface area contributed by atoms with Crippen molar-refractivity contribution in [2.24, 2.45) is 0 Å². The molecular formula is C32H34F5N3O7S. The first kappa shape index (κ1) is 36.4. The molecule has 260 valence electrons. The lowest BCUT2D eigenvalue weighted by atomic mass is 10.1. The van der Waals surface area contributed by atoms with Gasteiger partial charge in [0, 0.05) is 24.2 Å². The van der Waals surface area contributed by atoms with Gasteiger partial charge < -0.3 is 29.7 Å². The number of alkyl carbamates (subject to hydrolysis) is 1. The van der Waals surface area contributed by atoms with Crippen molar-refractivity contribution in [2.75, 3.05) is 37.5 Å². The Balaban J connectivity index is 1.48. The first-order valence-corrected chi connectivity index (χ1v) is 16.4. The maximum absolute atomic E-state index is 13.3. The van der Waals surface area contributed by atoms with Crippen LogP contribution in [0.2, 0.25) is 0 Å². The summed E-state index contributed by atoms with van der Waals surface area (Å²) in [6, 6.07) is 15.0. The molecule has 1 aliphatic heterocycles. The average Bonchev–Trinajstić information content (AvgIpc) is 3.47. The van der Waals surface area contributed by atoms with Crippen molar-refractivity contribution in [3.63, 3.8) is 0 Å². The Kier molecular flexibility index (Phi) is 11.9. The van der Waals surface area contributed by atoms with Crippen LogP contribution in [0.5, 0.6) is 5.75 Å². The molecule has 1 fully saturated rings. The third-order valence-corrected chi connectivity index (χ3v) is 9.45. The van der Waals surface area contributed by atoms with Crippen LogP contribution in [0.15, 0.2) is 77.7 Å². The van der Waals surface area contributed by atoms with Crippen LogP contribution < -0.4 is 20.3 Å². The molecule has 0 bridgehead atoms. The van der Waals surface area contributed by atoms with E-state index < -0.39 is 58.4 Å². The highest BCUT2D eigenvalue weighted by Gasteiger charge is 2.35. The molecule has 3 aromatic carbocycles. The summed E-state index contributed by atoms with van der Waals surface area (Å²) in [5.41, 5.74) is 0.472. The molecule has 1 saturated heterocycles. The molecule has 48 heavy (non-hydrogen) atoms. The SMILES string of the molecule is CCS(=O)(=O)c1ccc([C@H](CNC(=O)OC)NC(=O)c2ccc(N3C[C@@H](Oc4ccc(C(F)(F)F)cc4)C[C@H]3COC(F)F)cc2)cc1. The van der Waals surface area contributed by atoms with Crippen LogP contribution >= 0.6 is 0 Å². The number of amides is 2. The van der Waals surface area contributed by atoms with Gasteiger partial charge in [0.15, 0.2) is 9.84 Å². The lowest BCUT2D eigenvalue weighted by Gasteiger charge is -2.26. The zero-order chi connectivity index (χ0) is 35.1. The number of nitrogens with one attached hydrogen (secondary N) is 2. The smallest absolute Gasteiger partial charge is 0.416 e. The minimum absolute atomic E-state index is 0.0731. The van der Waals surface area contributed by atoms with E-state index in [0.29, 0.717) is 11.3 Å². The molecule has 2 N–H and O–H groups in total. The molecule has 1 aliphatic rings. The number of ether oxygens (including phenoxy) is 3. The quantitative estimate of drug-likeness (QED) is 0.222. The van der Waals surface area contributed by atoms with Crippen LogP contribution in [0, 0.1) is 0 Å².